The standard InChI is InChI=1S/C23H29NO3/c1-17-10-11-19(18(2)14-17)7-4-12-24-23(25)20-6-3-8-21(15-20)27-16-22-9-5-13-26-22/h3,6,8,10-11,14-15,22H,4-5,7,9,12-13,16H2,1-2H3,(H,24,25). The van der Waals surface area contributed by atoms with E-state index in [0.717, 1.165) is 32.3 Å². The Bertz CT molecular complexity index is 766. The molecule has 1 fully saturated rings. The molecule has 4 heteroatoms. The van der Waals surface area contributed by atoms with Crippen LogP contribution in [0.25, 0.3) is 0 Å². The van der Waals surface area contributed by atoms with Gasteiger partial charge in [-0.15, -0.1) is 0 Å². The smallest absolute Gasteiger partial charge is 0.251 e. The van der Waals surface area contributed by atoms with Gasteiger partial charge in [-0.25, -0.2) is 0 Å². The topological polar surface area (TPSA) is 47.6 Å². The Morgan fingerprint density at radius 1 is 1.22 bits per heavy atom. The number of aryl methyl sites for hydroxylation is 3. The molecule has 0 saturated carbocycles. The normalized spacial score (nSPS) is 16.3. The molecule has 1 atom stereocenters. The van der Waals surface area contributed by atoms with Crippen LogP contribution in [0.4, 0.5) is 0 Å². The van der Waals surface area contributed by atoms with Gasteiger partial charge in [0.2, 0.25) is 0 Å². The molecule has 144 valence electrons. The van der Waals surface area contributed by atoms with Crippen molar-refractivity contribution < 1.29 is 14.3 Å². The zero-order valence-electron chi connectivity index (χ0n) is 16.3. The SMILES string of the molecule is Cc1ccc(CCCNC(=O)c2cccc(OCC3CCCO3)c2)c(C)c1. The molecule has 0 aromatic heterocycles. The van der Waals surface area contributed by atoms with Gasteiger partial charge in [0.15, 0.2) is 0 Å². The van der Waals surface area contributed by atoms with Crippen molar-refractivity contribution in [2.75, 3.05) is 19.8 Å². The van der Waals surface area contributed by atoms with Gasteiger partial charge >= 0.3 is 0 Å². The van der Waals surface area contributed by atoms with Crippen LogP contribution >= 0.6 is 0 Å². The van der Waals surface area contributed by atoms with Gasteiger partial charge in [-0.3, -0.25) is 4.79 Å². The first-order valence-corrected chi connectivity index (χ1v) is 9.80. The highest BCUT2D eigenvalue weighted by molar-refractivity contribution is 5.94. The summed E-state index contributed by atoms with van der Waals surface area (Å²) in [5.74, 6) is 0.659. The van der Waals surface area contributed by atoms with Crippen LogP contribution in [-0.2, 0) is 11.2 Å². The molecule has 27 heavy (non-hydrogen) atoms. The minimum absolute atomic E-state index is 0.0572. The average Bonchev–Trinajstić information content (AvgIpc) is 3.18. The van der Waals surface area contributed by atoms with Crippen LogP contribution in [0.3, 0.4) is 0 Å². The third-order valence-corrected chi connectivity index (χ3v) is 4.96. The highest BCUT2D eigenvalue weighted by Crippen LogP contribution is 2.17. The molecule has 1 saturated heterocycles. The number of hydrogen-bond donors (Lipinski definition) is 1. The third kappa shape index (κ3) is 5.83. The zero-order chi connectivity index (χ0) is 19.1. The van der Waals surface area contributed by atoms with Crippen LogP contribution in [0.15, 0.2) is 42.5 Å². The molecule has 1 heterocycles. The first kappa shape index (κ1) is 19.4. The van der Waals surface area contributed by atoms with Gasteiger partial charge in [0, 0.05) is 18.7 Å². The second kappa shape index (κ2) is 9.56. The fraction of sp³-hybridized carbons (Fsp3) is 0.435. The second-order valence-corrected chi connectivity index (χ2v) is 7.26. The Hall–Kier alpha value is -2.33. The summed E-state index contributed by atoms with van der Waals surface area (Å²) >= 11 is 0. The van der Waals surface area contributed by atoms with Gasteiger partial charge in [-0.2, -0.15) is 0 Å². The maximum Gasteiger partial charge on any atom is 0.251 e. The van der Waals surface area contributed by atoms with E-state index in [4.69, 9.17) is 9.47 Å². The number of amides is 1. The van der Waals surface area contributed by atoms with Crippen LogP contribution < -0.4 is 10.1 Å². The summed E-state index contributed by atoms with van der Waals surface area (Å²) < 4.78 is 11.3. The van der Waals surface area contributed by atoms with Crippen LogP contribution in [0.1, 0.15) is 46.3 Å². The molecule has 3 rings (SSSR count). The fourth-order valence-corrected chi connectivity index (χ4v) is 3.40. The average molecular weight is 367 g/mol. The molecule has 0 bridgehead atoms. The fourth-order valence-electron chi connectivity index (χ4n) is 3.40. The lowest BCUT2D eigenvalue weighted by Gasteiger charge is -2.12. The van der Waals surface area contributed by atoms with Crippen molar-refractivity contribution >= 4 is 5.91 Å². The summed E-state index contributed by atoms with van der Waals surface area (Å²) in [4.78, 5) is 12.4. The van der Waals surface area contributed by atoms with Crippen molar-refractivity contribution in [3.8, 4) is 5.75 Å². The highest BCUT2D eigenvalue weighted by atomic mass is 16.5. The maximum absolute atomic E-state index is 12.4. The summed E-state index contributed by atoms with van der Waals surface area (Å²) in [7, 11) is 0. The van der Waals surface area contributed by atoms with Crippen molar-refractivity contribution in [2.24, 2.45) is 0 Å². The van der Waals surface area contributed by atoms with Crippen LogP contribution in [-0.4, -0.2) is 31.8 Å². The highest BCUT2D eigenvalue weighted by Gasteiger charge is 2.16. The Labute approximate surface area is 161 Å². The predicted molar refractivity (Wildman–Crippen MR) is 107 cm³/mol. The van der Waals surface area contributed by atoms with E-state index in [1.807, 2.05) is 18.2 Å². The Kier molecular flexibility index (Phi) is 6.88. The zero-order valence-corrected chi connectivity index (χ0v) is 16.3. The number of carbonyl (C=O) groups is 1. The molecule has 0 radical (unpaired) electrons. The van der Waals surface area contributed by atoms with Gasteiger partial charge in [-0.05, 0) is 68.9 Å². The van der Waals surface area contributed by atoms with E-state index in [1.165, 1.54) is 16.7 Å². The van der Waals surface area contributed by atoms with Crippen LogP contribution in [0, 0.1) is 13.8 Å². The van der Waals surface area contributed by atoms with Crippen LogP contribution in [0.5, 0.6) is 5.75 Å². The van der Waals surface area contributed by atoms with E-state index in [-0.39, 0.29) is 12.0 Å². The largest absolute Gasteiger partial charge is 0.491 e. The minimum Gasteiger partial charge on any atom is -0.491 e. The molecule has 1 N–H and O–H groups in total. The molecule has 1 amide bonds. The first-order valence-electron chi connectivity index (χ1n) is 9.80. The minimum atomic E-state index is -0.0572. The lowest BCUT2D eigenvalue weighted by Crippen LogP contribution is -2.25. The Balaban J connectivity index is 1.44. The summed E-state index contributed by atoms with van der Waals surface area (Å²) in [5, 5.41) is 3.01. The number of rotatable bonds is 8. The number of ether oxygens (including phenoxy) is 2. The van der Waals surface area contributed by atoms with E-state index in [0.29, 0.717) is 24.5 Å². The lowest BCUT2D eigenvalue weighted by atomic mass is 10.0. The number of carbonyl (C=O) groups excluding carboxylic acids is 1. The molecule has 2 aromatic carbocycles. The monoisotopic (exact) mass is 367 g/mol. The number of hydrogen-bond acceptors (Lipinski definition) is 3. The van der Waals surface area contributed by atoms with E-state index in [9.17, 15) is 4.79 Å². The van der Waals surface area contributed by atoms with Gasteiger partial charge in [-0.1, -0.05) is 29.8 Å². The predicted octanol–water partition coefficient (Wildman–Crippen LogP) is 4.22. The van der Waals surface area contributed by atoms with Gasteiger partial charge in [0.25, 0.3) is 5.91 Å². The van der Waals surface area contributed by atoms with E-state index in [1.54, 1.807) is 6.07 Å². The molecule has 1 unspecified atom stereocenters. The molecular formula is C23H29NO3. The van der Waals surface area contributed by atoms with E-state index >= 15 is 0 Å². The molecule has 1 aliphatic heterocycles. The Morgan fingerprint density at radius 3 is 2.89 bits per heavy atom. The molecule has 1 aliphatic rings. The number of nitrogens with one attached hydrogen (secondary N) is 1. The van der Waals surface area contributed by atoms with E-state index < -0.39 is 0 Å². The lowest BCUT2D eigenvalue weighted by molar-refractivity contribution is 0.0679. The molecule has 0 aliphatic carbocycles. The summed E-state index contributed by atoms with van der Waals surface area (Å²) in [5.41, 5.74) is 4.58. The van der Waals surface area contributed by atoms with E-state index in [2.05, 4.69) is 37.4 Å². The van der Waals surface area contributed by atoms with Gasteiger partial charge in [0.05, 0.1) is 6.10 Å². The van der Waals surface area contributed by atoms with Crippen molar-refractivity contribution in [3.63, 3.8) is 0 Å². The van der Waals surface area contributed by atoms with Crippen LogP contribution in [0.2, 0.25) is 0 Å². The third-order valence-electron chi connectivity index (χ3n) is 4.96. The van der Waals surface area contributed by atoms with Gasteiger partial charge in [0.1, 0.15) is 12.4 Å². The van der Waals surface area contributed by atoms with Crippen molar-refractivity contribution in [1.82, 2.24) is 5.32 Å². The summed E-state index contributed by atoms with van der Waals surface area (Å²) in [6.45, 7) is 6.27. The van der Waals surface area contributed by atoms with Gasteiger partial charge < -0.3 is 14.8 Å². The number of benzene rings is 2. The van der Waals surface area contributed by atoms with Crippen molar-refractivity contribution in [1.29, 1.82) is 0 Å². The summed E-state index contributed by atoms with van der Waals surface area (Å²) in [6, 6.07) is 13.9. The summed E-state index contributed by atoms with van der Waals surface area (Å²) in [6.07, 6.45) is 4.20. The van der Waals surface area contributed by atoms with Crippen molar-refractivity contribution in [3.05, 3.63) is 64.7 Å². The Morgan fingerprint density at radius 2 is 2.11 bits per heavy atom. The second-order valence-electron chi connectivity index (χ2n) is 7.26. The van der Waals surface area contributed by atoms with Crippen molar-refractivity contribution in [2.45, 2.75) is 45.6 Å². The first-order chi connectivity index (χ1) is 13.1. The molecule has 2 aromatic rings. The molecule has 4 nitrogen and oxygen atoms in total. The maximum atomic E-state index is 12.4. The molecular weight excluding hydrogens is 338 g/mol. The quantitative estimate of drug-likeness (QED) is 0.711. The molecule has 0 spiro atoms.